The van der Waals surface area contributed by atoms with Gasteiger partial charge in [0.05, 0.1) is 12.2 Å². The Balaban J connectivity index is 1.28. The first kappa shape index (κ1) is 28.2. The molecular formula is C34H42N6O2. The first-order valence-electron chi connectivity index (χ1n) is 15.3. The van der Waals surface area contributed by atoms with Gasteiger partial charge in [0.15, 0.2) is 0 Å². The van der Waals surface area contributed by atoms with Crippen LogP contribution in [0, 0.1) is 6.92 Å². The second-order valence-electron chi connectivity index (χ2n) is 11.9. The van der Waals surface area contributed by atoms with E-state index in [1.165, 1.54) is 46.5 Å². The molecule has 220 valence electrons. The highest BCUT2D eigenvalue weighted by Gasteiger charge is 2.29. The number of nitrogens with zero attached hydrogens (tertiary/aromatic N) is 5. The SMILES string of the molecule is C=CC(=O)N1CCN(c2cc(C(=O)NCCC3CCCN3C)nc3c2CCN(c2cccc4cccc(C)c24)C3)CC1. The van der Waals surface area contributed by atoms with Gasteiger partial charge in [-0.15, -0.1) is 0 Å². The van der Waals surface area contributed by atoms with Gasteiger partial charge in [-0.05, 0) is 75.4 Å². The predicted molar refractivity (Wildman–Crippen MR) is 169 cm³/mol. The van der Waals surface area contributed by atoms with Crippen molar-refractivity contribution in [3.8, 4) is 0 Å². The number of piperazine rings is 1. The van der Waals surface area contributed by atoms with Gasteiger partial charge < -0.3 is 24.9 Å². The van der Waals surface area contributed by atoms with E-state index in [1.807, 2.05) is 11.0 Å². The van der Waals surface area contributed by atoms with Crippen molar-refractivity contribution in [3.05, 3.63) is 77.6 Å². The largest absolute Gasteiger partial charge is 0.368 e. The summed E-state index contributed by atoms with van der Waals surface area (Å²) >= 11 is 0. The Labute approximate surface area is 249 Å². The van der Waals surface area contributed by atoms with Crippen molar-refractivity contribution in [3.63, 3.8) is 0 Å². The van der Waals surface area contributed by atoms with Crippen LogP contribution in [0.3, 0.4) is 0 Å². The molecule has 0 bridgehead atoms. The van der Waals surface area contributed by atoms with E-state index in [-0.39, 0.29) is 11.8 Å². The number of nitrogens with one attached hydrogen (secondary N) is 1. The fraction of sp³-hybridized carbons (Fsp3) is 0.441. The molecule has 0 aliphatic carbocycles. The number of hydrogen-bond donors (Lipinski definition) is 1. The molecule has 0 spiro atoms. The Morgan fingerprint density at radius 3 is 2.55 bits per heavy atom. The monoisotopic (exact) mass is 566 g/mol. The summed E-state index contributed by atoms with van der Waals surface area (Å²) < 4.78 is 0. The molecule has 0 radical (unpaired) electrons. The van der Waals surface area contributed by atoms with Crippen LogP contribution < -0.4 is 15.1 Å². The Morgan fingerprint density at radius 2 is 1.81 bits per heavy atom. The molecule has 1 N–H and O–H groups in total. The summed E-state index contributed by atoms with van der Waals surface area (Å²) in [6.07, 6.45) is 5.61. The van der Waals surface area contributed by atoms with Crippen LogP contribution in [0.2, 0.25) is 0 Å². The van der Waals surface area contributed by atoms with E-state index in [9.17, 15) is 9.59 Å². The molecule has 1 atom stereocenters. The zero-order valence-corrected chi connectivity index (χ0v) is 24.9. The van der Waals surface area contributed by atoms with Gasteiger partial charge in [0, 0.05) is 67.6 Å². The maximum absolute atomic E-state index is 13.5. The van der Waals surface area contributed by atoms with Crippen molar-refractivity contribution in [2.24, 2.45) is 0 Å². The molecule has 3 aromatic rings. The first-order chi connectivity index (χ1) is 20.4. The number of pyridine rings is 1. The van der Waals surface area contributed by atoms with E-state index >= 15 is 0 Å². The molecule has 2 saturated heterocycles. The van der Waals surface area contributed by atoms with Gasteiger partial charge >= 0.3 is 0 Å². The molecule has 2 fully saturated rings. The van der Waals surface area contributed by atoms with E-state index < -0.39 is 0 Å². The number of hydrogen-bond acceptors (Lipinski definition) is 6. The molecule has 6 rings (SSSR count). The van der Waals surface area contributed by atoms with Gasteiger partial charge in [-0.2, -0.15) is 0 Å². The number of aromatic nitrogens is 1. The predicted octanol–water partition coefficient (Wildman–Crippen LogP) is 4.15. The minimum absolute atomic E-state index is 0.0274. The molecule has 3 aliphatic rings. The second kappa shape index (κ2) is 12.1. The standard InChI is InChI=1S/C34H42N6O2/c1-4-32(41)39-20-18-38(19-21-39)31-22-28(34(42)35-15-13-26-11-7-16-37(26)3)36-29-23-40(17-14-27(29)31)30-12-6-10-25-9-5-8-24(2)33(25)30/h4-6,8-10,12,22,26H,1,7,11,13-21,23H2,2-3H3,(H,35,42). The number of rotatable bonds is 7. The smallest absolute Gasteiger partial charge is 0.269 e. The van der Waals surface area contributed by atoms with Crippen LogP contribution >= 0.6 is 0 Å². The maximum Gasteiger partial charge on any atom is 0.269 e. The average molecular weight is 567 g/mol. The quantitative estimate of drug-likeness (QED) is 0.434. The molecule has 1 aromatic heterocycles. The summed E-state index contributed by atoms with van der Waals surface area (Å²) in [7, 11) is 2.17. The van der Waals surface area contributed by atoms with Crippen molar-refractivity contribution < 1.29 is 9.59 Å². The molecule has 8 nitrogen and oxygen atoms in total. The highest BCUT2D eigenvalue weighted by Crippen LogP contribution is 2.35. The number of likely N-dealkylation sites (tertiary alicyclic amines) is 1. The highest BCUT2D eigenvalue weighted by molar-refractivity contribution is 5.97. The van der Waals surface area contributed by atoms with Crippen LogP contribution in [-0.2, 0) is 17.8 Å². The minimum atomic E-state index is -0.113. The number of fused-ring (bicyclic) bond motifs is 2. The number of benzene rings is 2. The average Bonchev–Trinajstić information content (AvgIpc) is 3.43. The maximum atomic E-state index is 13.5. The summed E-state index contributed by atoms with van der Waals surface area (Å²) in [6.45, 7) is 11.8. The molecule has 1 unspecified atom stereocenters. The Bertz CT molecular complexity index is 1490. The van der Waals surface area contributed by atoms with E-state index in [0.29, 0.717) is 37.9 Å². The lowest BCUT2D eigenvalue weighted by atomic mass is 9.97. The lowest BCUT2D eigenvalue weighted by molar-refractivity contribution is -0.126. The summed E-state index contributed by atoms with van der Waals surface area (Å²) in [5.74, 6) is -0.140. The Hall–Kier alpha value is -3.91. The van der Waals surface area contributed by atoms with Crippen molar-refractivity contribution in [2.75, 3.05) is 62.7 Å². The molecule has 2 amide bonds. The van der Waals surface area contributed by atoms with Crippen molar-refractivity contribution in [1.29, 1.82) is 0 Å². The molecule has 3 aliphatic heterocycles. The van der Waals surface area contributed by atoms with Gasteiger partial charge in [-0.3, -0.25) is 9.59 Å². The van der Waals surface area contributed by atoms with Gasteiger partial charge in [0.2, 0.25) is 5.91 Å². The molecular weight excluding hydrogens is 524 g/mol. The minimum Gasteiger partial charge on any atom is -0.368 e. The lowest BCUT2D eigenvalue weighted by Gasteiger charge is -2.39. The number of aryl methyl sites for hydroxylation is 1. The van der Waals surface area contributed by atoms with E-state index in [0.717, 1.165) is 50.4 Å². The van der Waals surface area contributed by atoms with Gasteiger partial charge in [0.25, 0.3) is 5.91 Å². The van der Waals surface area contributed by atoms with Gasteiger partial charge in [0.1, 0.15) is 5.69 Å². The highest BCUT2D eigenvalue weighted by atomic mass is 16.2. The van der Waals surface area contributed by atoms with Crippen LogP contribution in [0.25, 0.3) is 10.8 Å². The molecule has 2 aromatic carbocycles. The number of carbonyl (C=O) groups excluding carboxylic acids is 2. The van der Waals surface area contributed by atoms with Crippen molar-refractivity contribution in [2.45, 2.75) is 45.2 Å². The van der Waals surface area contributed by atoms with Crippen LogP contribution in [0.15, 0.2) is 55.1 Å². The van der Waals surface area contributed by atoms with Gasteiger partial charge in [-0.25, -0.2) is 4.98 Å². The molecule has 4 heterocycles. The molecule has 8 heteroatoms. The fourth-order valence-electron chi connectivity index (χ4n) is 6.98. The van der Waals surface area contributed by atoms with Crippen LogP contribution in [0.5, 0.6) is 0 Å². The Morgan fingerprint density at radius 1 is 1.02 bits per heavy atom. The summed E-state index contributed by atoms with van der Waals surface area (Å²) in [6, 6.07) is 15.5. The third-order valence-corrected chi connectivity index (χ3v) is 9.36. The Kier molecular flexibility index (Phi) is 8.16. The topological polar surface area (TPSA) is 72.0 Å². The van der Waals surface area contributed by atoms with Crippen molar-refractivity contribution in [1.82, 2.24) is 20.1 Å². The molecule has 42 heavy (non-hydrogen) atoms. The van der Waals surface area contributed by atoms with Crippen LogP contribution in [0.1, 0.15) is 46.6 Å². The second-order valence-corrected chi connectivity index (χ2v) is 11.9. The molecule has 0 saturated carbocycles. The lowest BCUT2D eigenvalue weighted by Crippen LogP contribution is -2.49. The number of amides is 2. The third kappa shape index (κ3) is 5.60. The first-order valence-corrected chi connectivity index (χ1v) is 15.3. The zero-order valence-electron chi connectivity index (χ0n) is 24.9. The van der Waals surface area contributed by atoms with E-state index in [4.69, 9.17) is 4.98 Å². The fourth-order valence-corrected chi connectivity index (χ4v) is 6.98. The van der Waals surface area contributed by atoms with Crippen LogP contribution in [-0.4, -0.2) is 85.5 Å². The van der Waals surface area contributed by atoms with Crippen LogP contribution in [0.4, 0.5) is 11.4 Å². The summed E-state index contributed by atoms with van der Waals surface area (Å²) in [5, 5.41) is 5.67. The third-order valence-electron chi connectivity index (χ3n) is 9.36. The number of carbonyl (C=O) groups is 2. The van der Waals surface area contributed by atoms with Gasteiger partial charge in [-0.1, -0.05) is 36.9 Å². The zero-order chi connectivity index (χ0) is 29.2. The summed E-state index contributed by atoms with van der Waals surface area (Å²) in [5.41, 5.74) is 6.22. The van der Waals surface area contributed by atoms with Crippen molar-refractivity contribution >= 4 is 34.0 Å². The van der Waals surface area contributed by atoms with E-state index in [2.05, 4.69) is 77.0 Å². The summed E-state index contributed by atoms with van der Waals surface area (Å²) in [4.78, 5) is 39.7. The normalized spacial score (nSPS) is 19.2. The number of anilines is 2. The van der Waals surface area contributed by atoms with E-state index in [1.54, 1.807) is 0 Å².